The summed E-state index contributed by atoms with van der Waals surface area (Å²) in [5, 5.41) is 9.62. The third kappa shape index (κ3) is 2.43. The summed E-state index contributed by atoms with van der Waals surface area (Å²) in [5.74, 6) is 0.825. The van der Waals surface area contributed by atoms with Crippen molar-refractivity contribution in [3.63, 3.8) is 0 Å². The summed E-state index contributed by atoms with van der Waals surface area (Å²) >= 11 is 0. The first-order chi connectivity index (χ1) is 8.00. The Bertz CT molecular complexity index is 438. The Kier molecular flexibility index (Phi) is 3.09. The van der Waals surface area contributed by atoms with E-state index in [2.05, 4.69) is 6.92 Å². The molecule has 1 aromatic carbocycles. The fourth-order valence-electron chi connectivity index (χ4n) is 2.03. The van der Waals surface area contributed by atoms with Crippen LogP contribution in [0.5, 0.6) is 5.75 Å². The second-order valence-corrected chi connectivity index (χ2v) is 5.00. The zero-order valence-corrected chi connectivity index (χ0v) is 10.6. The van der Waals surface area contributed by atoms with Crippen LogP contribution in [0.1, 0.15) is 35.7 Å². The summed E-state index contributed by atoms with van der Waals surface area (Å²) in [5.41, 5.74) is 1.35. The molecule has 1 atom stereocenters. The largest absolute Gasteiger partial charge is 0.508 e. The van der Waals surface area contributed by atoms with Crippen molar-refractivity contribution in [1.29, 1.82) is 0 Å². The van der Waals surface area contributed by atoms with Gasteiger partial charge in [0.25, 0.3) is 5.91 Å². The van der Waals surface area contributed by atoms with Gasteiger partial charge in [0.2, 0.25) is 0 Å². The molecule has 1 aliphatic rings. The summed E-state index contributed by atoms with van der Waals surface area (Å²) in [7, 11) is 1.84. The fourth-order valence-corrected chi connectivity index (χ4v) is 2.03. The van der Waals surface area contributed by atoms with Crippen LogP contribution in [0.2, 0.25) is 0 Å². The van der Waals surface area contributed by atoms with Gasteiger partial charge in [-0.3, -0.25) is 4.79 Å². The smallest absolute Gasteiger partial charge is 0.253 e. The van der Waals surface area contributed by atoms with Crippen LogP contribution < -0.4 is 0 Å². The maximum atomic E-state index is 12.2. The lowest BCUT2D eigenvalue weighted by Crippen LogP contribution is -2.36. The Labute approximate surface area is 102 Å². The molecule has 17 heavy (non-hydrogen) atoms. The molecule has 1 fully saturated rings. The highest BCUT2D eigenvalue weighted by Gasteiger charge is 2.32. The van der Waals surface area contributed by atoms with E-state index in [1.54, 1.807) is 23.1 Å². The monoisotopic (exact) mass is 233 g/mol. The number of amides is 1. The predicted molar refractivity (Wildman–Crippen MR) is 67.1 cm³/mol. The molecule has 3 nitrogen and oxygen atoms in total. The number of nitrogens with zero attached hydrogens (tertiary/aromatic N) is 1. The van der Waals surface area contributed by atoms with E-state index in [4.69, 9.17) is 0 Å². The molecule has 0 saturated heterocycles. The highest BCUT2D eigenvalue weighted by molar-refractivity contribution is 5.94. The van der Waals surface area contributed by atoms with E-state index in [1.165, 1.54) is 12.8 Å². The first kappa shape index (κ1) is 12.0. The van der Waals surface area contributed by atoms with E-state index in [0.717, 1.165) is 5.56 Å². The molecule has 0 bridgehead atoms. The zero-order valence-electron chi connectivity index (χ0n) is 10.6. The standard InChI is InChI=1S/C14H19NO2/c1-9-4-5-12(8-13(9)16)14(17)15(3)10(2)11-6-7-11/h4-5,8,10-11,16H,6-7H2,1-3H3. The van der Waals surface area contributed by atoms with Crippen LogP contribution in [-0.2, 0) is 0 Å². The first-order valence-electron chi connectivity index (χ1n) is 6.07. The lowest BCUT2D eigenvalue weighted by Gasteiger charge is -2.25. The van der Waals surface area contributed by atoms with Crippen LogP contribution in [0.15, 0.2) is 18.2 Å². The Balaban J connectivity index is 2.15. The average Bonchev–Trinajstić information content (AvgIpc) is 3.14. The Morgan fingerprint density at radius 2 is 2.12 bits per heavy atom. The SMILES string of the molecule is Cc1ccc(C(=O)N(C)C(C)C2CC2)cc1O. The quantitative estimate of drug-likeness (QED) is 0.871. The maximum absolute atomic E-state index is 12.2. The summed E-state index contributed by atoms with van der Waals surface area (Å²) in [4.78, 5) is 14.0. The minimum Gasteiger partial charge on any atom is -0.508 e. The third-order valence-electron chi connectivity index (χ3n) is 3.69. The Morgan fingerprint density at radius 1 is 1.47 bits per heavy atom. The molecule has 1 aliphatic carbocycles. The van der Waals surface area contributed by atoms with Gasteiger partial charge in [0.1, 0.15) is 5.75 Å². The van der Waals surface area contributed by atoms with Gasteiger partial charge in [-0.2, -0.15) is 0 Å². The number of aromatic hydroxyl groups is 1. The molecule has 0 spiro atoms. The van der Waals surface area contributed by atoms with Crippen LogP contribution in [0.25, 0.3) is 0 Å². The summed E-state index contributed by atoms with van der Waals surface area (Å²) in [6.07, 6.45) is 2.44. The number of phenols is 1. The molecule has 3 heteroatoms. The number of hydrogen-bond donors (Lipinski definition) is 1. The lowest BCUT2D eigenvalue weighted by molar-refractivity contribution is 0.0727. The molecule has 1 aromatic rings. The molecule has 2 rings (SSSR count). The molecule has 92 valence electrons. The topological polar surface area (TPSA) is 40.5 Å². The predicted octanol–water partition coefficient (Wildman–Crippen LogP) is 2.57. The summed E-state index contributed by atoms with van der Waals surface area (Å²) < 4.78 is 0. The normalized spacial score (nSPS) is 16.6. The minimum absolute atomic E-state index is 0.0142. The number of carbonyl (C=O) groups is 1. The Hall–Kier alpha value is -1.51. The van der Waals surface area contributed by atoms with Gasteiger partial charge in [0, 0.05) is 18.7 Å². The lowest BCUT2D eigenvalue weighted by atomic mass is 10.1. The number of hydrogen-bond acceptors (Lipinski definition) is 2. The van der Waals surface area contributed by atoms with E-state index >= 15 is 0 Å². The van der Waals surface area contributed by atoms with E-state index in [0.29, 0.717) is 11.5 Å². The number of carbonyl (C=O) groups excluding carboxylic acids is 1. The second-order valence-electron chi connectivity index (χ2n) is 5.00. The van der Waals surface area contributed by atoms with Gasteiger partial charge in [-0.05, 0) is 50.3 Å². The first-order valence-corrected chi connectivity index (χ1v) is 6.07. The molecule has 1 N–H and O–H groups in total. The van der Waals surface area contributed by atoms with Gasteiger partial charge >= 0.3 is 0 Å². The van der Waals surface area contributed by atoms with Gasteiger partial charge in [-0.15, -0.1) is 0 Å². The van der Waals surface area contributed by atoms with Crippen LogP contribution in [0.4, 0.5) is 0 Å². The fraction of sp³-hybridized carbons (Fsp3) is 0.500. The Morgan fingerprint density at radius 3 is 2.65 bits per heavy atom. The highest BCUT2D eigenvalue weighted by atomic mass is 16.3. The highest BCUT2D eigenvalue weighted by Crippen LogP contribution is 2.35. The maximum Gasteiger partial charge on any atom is 0.253 e. The number of aryl methyl sites for hydroxylation is 1. The van der Waals surface area contributed by atoms with Gasteiger partial charge < -0.3 is 10.0 Å². The van der Waals surface area contributed by atoms with Gasteiger partial charge in [-0.1, -0.05) is 6.07 Å². The average molecular weight is 233 g/mol. The molecule has 1 unspecified atom stereocenters. The van der Waals surface area contributed by atoms with Crippen molar-refractivity contribution in [2.75, 3.05) is 7.05 Å². The molecule has 1 saturated carbocycles. The number of benzene rings is 1. The van der Waals surface area contributed by atoms with Gasteiger partial charge in [0.15, 0.2) is 0 Å². The molecular weight excluding hydrogens is 214 g/mol. The van der Waals surface area contributed by atoms with Crippen molar-refractivity contribution in [2.24, 2.45) is 5.92 Å². The number of rotatable bonds is 3. The number of phenolic OH excluding ortho intramolecular Hbond substituents is 1. The van der Waals surface area contributed by atoms with Crippen molar-refractivity contribution >= 4 is 5.91 Å². The molecule has 1 amide bonds. The third-order valence-corrected chi connectivity index (χ3v) is 3.69. The molecule has 0 aromatic heterocycles. The molecule has 0 aliphatic heterocycles. The summed E-state index contributed by atoms with van der Waals surface area (Å²) in [6, 6.07) is 5.38. The summed E-state index contributed by atoms with van der Waals surface area (Å²) in [6.45, 7) is 3.91. The minimum atomic E-state index is -0.0142. The van der Waals surface area contributed by atoms with E-state index in [9.17, 15) is 9.90 Å². The van der Waals surface area contributed by atoms with Crippen LogP contribution >= 0.6 is 0 Å². The van der Waals surface area contributed by atoms with Crippen LogP contribution in [0, 0.1) is 12.8 Å². The van der Waals surface area contributed by atoms with E-state index in [1.807, 2.05) is 14.0 Å². The molecule has 0 radical (unpaired) electrons. The van der Waals surface area contributed by atoms with E-state index < -0.39 is 0 Å². The van der Waals surface area contributed by atoms with Crippen molar-refractivity contribution < 1.29 is 9.90 Å². The second kappa shape index (κ2) is 4.40. The van der Waals surface area contributed by atoms with Crippen molar-refractivity contribution in [3.05, 3.63) is 29.3 Å². The van der Waals surface area contributed by atoms with Crippen LogP contribution in [-0.4, -0.2) is 29.0 Å². The molecule has 0 heterocycles. The van der Waals surface area contributed by atoms with Crippen molar-refractivity contribution in [1.82, 2.24) is 4.90 Å². The van der Waals surface area contributed by atoms with Crippen LogP contribution in [0.3, 0.4) is 0 Å². The van der Waals surface area contributed by atoms with E-state index in [-0.39, 0.29) is 17.7 Å². The van der Waals surface area contributed by atoms with Gasteiger partial charge in [-0.25, -0.2) is 0 Å². The zero-order chi connectivity index (χ0) is 12.6. The molecular formula is C14H19NO2. The van der Waals surface area contributed by atoms with Gasteiger partial charge in [0.05, 0.1) is 0 Å². The van der Waals surface area contributed by atoms with Crippen molar-refractivity contribution in [2.45, 2.75) is 32.7 Å². The van der Waals surface area contributed by atoms with Crippen molar-refractivity contribution in [3.8, 4) is 5.75 Å².